The van der Waals surface area contributed by atoms with E-state index in [4.69, 9.17) is 5.11 Å². The number of azo groups is 1. The minimum absolute atomic E-state index is 0.0646. The topological polar surface area (TPSA) is 74.4 Å². The summed E-state index contributed by atoms with van der Waals surface area (Å²) in [6, 6.07) is 0. The Morgan fingerprint density at radius 1 is 1.58 bits per heavy atom. The summed E-state index contributed by atoms with van der Waals surface area (Å²) in [5, 5.41) is 16.0. The van der Waals surface area contributed by atoms with Crippen LogP contribution in [0.3, 0.4) is 0 Å². The second-order valence-corrected chi connectivity index (χ2v) is 3.26. The summed E-state index contributed by atoms with van der Waals surface area (Å²) in [4.78, 5) is 15.2. The SMILES string of the molecule is O=C(O)CC1=C2SCN=C2N=N1. The first-order valence-corrected chi connectivity index (χ1v) is 4.30. The van der Waals surface area contributed by atoms with Gasteiger partial charge in [0.25, 0.3) is 0 Å². The molecule has 0 saturated heterocycles. The summed E-state index contributed by atoms with van der Waals surface area (Å²) in [7, 11) is 0. The predicted octanol–water partition coefficient (Wildman–Crippen LogP) is 1.24. The van der Waals surface area contributed by atoms with E-state index in [0.29, 0.717) is 17.4 Å². The third kappa shape index (κ3) is 1.14. The minimum atomic E-state index is -0.884. The third-order valence-corrected chi connectivity index (χ3v) is 2.44. The molecule has 0 spiro atoms. The Balaban J connectivity index is 2.26. The van der Waals surface area contributed by atoms with E-state index in [2.05, 4.69) is 15.2 Å². The lowest BCUT2D eigenvalue weighted by atomic mass is 10.3. The van der Waals surface area contributed by atoms with Gasteiger partial charge in [-0.2, -0.15) is 5.11 Å². The summed E-state index contributed by atoms with van der Waals surface area (Å²) in [6.07, 6.45) is -0.0646. The number of carbonyl (C=O) groups is 1. The molecule has 0 atom stereocenters. The van der Waals surface area contributed by atoms with Gasteiger partial charge < -0.3 is 5.11 Å². The van der Waals surface area contributed by atoms with Crippen LogP contribution in [-0.2, 0) is 4.79 Å². The van der Waals surface area contributed by atoms with Crippen molar-refractivity contribution < 1.29 is 9.90 Å². The number of rotatable bonds is 2. The van der Waals surface area contributed by atoms with Crippen molar-refractivity contribution in [2.24, 2.45) is 15.2 Å². The zero-order valence-corrected chi connectivity index (χ0v) is 6.84. The molecular formula is C6H5N3O2S. The van der Waals surface area contributed by atoms with Gasteiger partial charge in [0.15, 0.2) is 5.84 Å². The molecule has 0 aliphatic carbocycles. The van der Waals surface area contributed by atoms with Gasteiger partial charge in [-0.05, 0) is 0 Å². The van der Waals surface area contributed by atoms with Gasteiger partial charge in [0.05, 0.1) is 22.9 Å². The first-order valence-electron chi connectivity index (χ1n) is 3.31. The molecule has 0 unspecified atom stereocenters. The lowest BCUT2D eigenvalue weighted by Crippen LogP contribution is -1.96. The van der Waals surface area contributed by atoms with Crippen LogP contribution in [0.25, 0.3) is 0 Å². The highest BCUT2D eigenvalue weighted by atomic mass is 32.2. The van der Waals surface area contributed by atoms with Gasteiger partial charge in [0, 0.05) is 0 Å². The fourth-order valence-corrected chi connectivity index (χ4v) is 1.83. The Morgan fingerprint density at radius 3 is 3.17 bits per heavy atom. The molecule has 1 N–H and O–H groups in total. The average molecular weight is 183 g/mol. The lowest BCUT2D eigenvalue weighted by molar-refractivity contribution is -0.136. The van der Waals surface area contributed by atoms with Crippen LogP contribution in [0.2, 0.25) is 0 Å². The molecule has 0 radical (unpaired) electrons. The summed E-state index contributed by atoms with van der Waals surface area (Å²) in [5.41, 5.74) is 0.531. The van der Waals surface area contributed by atoms with Crippen LogP contribution < -0.4 is 0 Å². The number of aliphatic imine (C=N–C) groups is 1. The molecule has 6 heteroatoms. The Kier molecular flexibility index (Phi) is 1.69. The van der Waals surface area contributed by atoms with E-state index in [0.717, 1.165) is 4.91 Å². The van der Waals surface area contributed by atoms with Crippen molar-refractivity contribution >= 4 is 23.6 Å². The molecule has 0 amide bonds. The first-order chi connectivity index (χ1) is 5.77. The molecule has 0 aromatic carbocycles. The second-order valence-electron chi connectivity index (χ2n) is 2.30. The number of hydrogen-bond donors (Lipinski definition) is 1. The minimum Gasteiger partial charge on any atom is -0.481 e. The molecule has 0 fully saturated rings. The number of amidine groups is 1. The van der Waals surface area contributed by atoms with Crippen LogP contribution in [0.1, 0.15) is 6.42 Å². The molecule has 2 aliphatic rings. The first kappa shape index (κ1) is 7.48. The molecule has 62 valence electrons. The van der Waals surface area contributed by atoms with Gasteiger partial charge in [-0.25, -0.2) is 0 Å². The average Bonchev–Trinajstić information content (AvgIpc) is 2.52. The van der Waals surface area contributed by atoms with Crippen molar-refractivity contribution in [1.82, 2.24) is 0 Å². The van der Waals surface area contributed by atoms with Crippen molar-refractivity contribution in [3.05, 3.63) is 10.6 Å². The Morgan fingerprint density at radius 2 is 2.42 bits per heavy atom. The lowest BCUT2D eigenvalue weighted by Gasteiger charge is -1.93. The monoisotopic (exact) mass is 183 g/mol. The van der Waals surface area contributed by atoms with E-state index >= 15 is 0 Å². The van der Waals surface area contributed by atoms with Crippen LogP contribution >= 0.6 is 11.8 Å². The van der Waals surface area contributed by atoms with Gasteiger partial charge in [-0.3, -0.25) is 9.79 Å². The molecule has 0 bridgehead atoms. The highest BCUT2D eigenvalue weighted by Crippen LogP contribution is 2.34. The maximum atomic E-state index is 10.4. The van der Waals surface area contributed by atoms with Gasteiger partial charge in [-0.15, -0.1) is 5.11 Å². The third-order valence-electron chi connectivity index (χ3n) is 1.47. The maximum absolute atomic E-state index is 10.4. The summed E-state index contributed by atoms with van der Waals surface area (Å²) in [6.45, 7) is 0. The zero-order valence-electron chi connectivity index (χ0n) is 6.02. The number of fused-ring (bicyclic) bond motifs is 1. The molecular weight excluding hydrogens is 178 g/mol. The highest BCUT2D eigenvalue weighted by molar-refractivity contribution is 8.04. The number of thioether (sulfide) groups is 1. The summed E-state index contributed by atoms with van der Waals surface area (Å²) < 4.78 is 0. The van der Waals surface area contributed by atoms with Crippen molar-refractivity contribution in [1.29, 1.82) is 0 Å². The van der Waals surface area contributed by atoms with E-state index in [1.54, 1.807) is 0 Å². The number of carboxylic acid groups (broad SMARTS) is 1. The standard InChI is InChI=1S/C6H5N3O2S/c10-4(11)1-3-5-6(9-8-3)7-2-12-5/h1-2H2,(H,10,11). The smallest absolute Gasteiger partial charge is 0.309 e. The molecule has 12 heavy (non-hydrogen) atoms. The Bertz CT molecular complexity index is 332. The van der Waals surface area contributed by atoms with Gasteiger partial charge in [0.1, 0.15) is 0 Å². The fraction of sp³-hybridized carbons (Fsp3) is 0.333. The molecule has 0 aromatic heterocycles. The van der Waals surface area contributed by atoms with E-state index in [1.807, 2.05) is 0 Å². The quantitative estimate of drug-likeness (QED) is 0.699. The van der Waals surface area contributed by atoms with Crippen LogP contribution in [0.5, 0.6) is 0 Å². The zero-order chi connectivity index (χ0) is 8.55. The normalized spacial score (nSPS) is 19.8. The van der Waals surface area contributed by atoms with Crippen LogP contribution in [-0.4, -0.2) is 22.8 Å². The van der Waals surface area contributed by atoms with Crippen LogP contribution in [0.15, 0.2) is 25.8 Å². The van der Waals surface area contributed by atoms with Crippen molar-refractivity contribution in [3.8, 4) is 0 Å². The van der Waals surface area contributed by atoms with E-state index < -0.39 is 5.97 Å². The Labute approximate surface area is 72.3 Å². The van der Waals surface area contributed by atoms with Gasteiger partial charge >= 0.3 is 5.97 Å². The van der Waals surface area contributed by atoms with Crippen LogP contribution in [0, 0.1) is 0 Å². The largest absolute Gasteiger partial charge is 0.481 e. The molecule has 5 nitrogen and oxygen atoms in total. The fourth-order valence-electron chi connectivity index (χ4n) is 0.996. The van der Waals surface area contributed by atoms with Gasteiger partial charge in [0.2, 0.25) is 0 Å². The summed E-state index contributed by atoms with van der Waals surface area (Å²) in [5.74, 6) is 0.341. The van der Waals surface area contributed by atoms with E-state index in [9.17, 15) is 4.79 Å². The second kappa shape index (κ2) is 2.71. The van der Waals surface area contributed by atoms with Crippen molar-refractivity contribution in [2.45, 2.75) is 6.42 Å². The molecule has 2 aliphatic heterocycles. The molecule has 2 heterocycles. The predicted molar refractivity (Wildman–Crippen MR) is 44.0 cm³/mol. The number of aliphatic carboxylic acids is 1. The van der Waals surface area contributed by atoms with E-state index in [-0.39, 0.29) is 6.42 Å². The number of hydrogen-bond acceptors (Lipinski definition) is 5. The van der Waals surface area contributed by atoms with Crippen LogP contribution in [0.4, 0.5) is 0 Å². The van der Waals surface area contributed by atoms with Crippen molar-refractivity contribution in [2.75, 3.05) is 5.88 Å². The van der Waals surface area contributed by atoms with Crippen molar-refractivity contribution in [3.63, 3.8) is 0 Å². The molecule has 0 saturated carbocycles. The van der Waals surface area contributed by atoms with E-state index in [1.165, 1.54) is 11.8 Å². The number of carboxylic acids is 1. The molecule has 0 aromatic rings. The molecule has 2 rings (SSSR count). The van der Waals surface area contributed by atoms with Gasteiger partial charge in [-0.1, -0.05) is 11.8 Å². The highest BCUT2D eigenvalue weighted by Gasteiger charge is 2.25. The Hall–Kier alpha value is -1.17. The summed E-state index contributed by atoms with van der Waals surface area (Å²) >= 11 is 1.49. The maximum Gasteiger partial charge on any atom is 0.309 e. The number of nitrogens with zero attached hydrogens (tertiary/aromatic N) is 3.